The minimum atomic E-state index is -3.07. The lowest BCUT2D eigenvalue weighted by atomic mass is 10.4. The molecule has 0 fully saturated rings. The first-order valence-electron chi connectivity index (χ1n) is 5.87. The molecule has 0 saturated carbocycles. The first-order chi connectivity index (χ1) is 9.92. The Labute approximate surface area is 135 Å². The van der Waals surface area contributed by atoms with Crippen molar-refractivity contribution in [3.63, 3.8) is 0 Å². The fraction of sp³-hybridized carbons (Fsp3) is 0.556. The number of alkyl halides is 2. The Morgan fingerprint density at radius 1 is 1.62 bits per heavy atom. The number of hydrogen-bond donors (Lipinski definition) is 3. The van der Waals surface area contributed by atoms with Crippen LogP contribution in [0.1, 0.15) is 13.8 Å². The molecule has 1 aliphatic heterocycles. The summed E-state index contributed by atoms with van der Waals surface area (Å²) >= 11 is 12.7. The van der Waals surface area contributed by atoms with Gasteiger partial charge in [-0.15, -0.1) is 23.2 Å². The van der Waals surface area contributed by atoms with Crippen LogP contribution in [-0.2, 0) is 4.57 Å². The largest absolute Gasteiger partial charge is 0.295 e. The highest BCUT2D eigenvalue weighted by atomic mass is 35.5. The highest BCUT2D eigenvalue weighted by Crippen LogP contribution is 2.71. The number of amidine groups is 1. The molecule has 0 aliphatic carbocycles. The van der Waals surface area contributed by atoms with Crippen molar-refractivity contribution < 1.29 is 4.57 Å². The molecule has 0 spiro atoms. The van der Waals surface area contributed by atoms with Gasteiger partial charge in [0.15, 0.2) is 10.4 Å². The maximum atomic E-state index is 13.1. The fourth-order valence-corrected chi connectivity index (χ4v) is 6.41. The van der Waals surface area contributed by atoms with Crippen LogP contribution in [0, 0.1) is 0 Å². The highest BCUT2D eigenvalue weighted by Gasteiger charge is 2.51. The molecule has 2 heterocycles. The molecule has 116 valence electrons. The zero-order valence-electron chi connectivity index (χ0n) is 11.3. The highest BCUT2D eigenvalue weighted by molar-refractivity contribution is 8.66. The van der Waals surface area contributed by atoms with Gasteiger partial charge >= 0.3 is 0 Å². The van der Waals surface area contributed by atoms with Gasteiger partial charge in [0.1, 0.15) is 6.33 Å². The third-order valence-corrected chi connectivity index (χ3v) is 9.13. The van der Waals surface area contributed by atoms with Crippen molar-refractivity contribution in [1.82, 2.24) is 20.6 Å². The van der Waals surface area contributed by atoms with E-state index in [4.69, 9.17) is 23.2 Å². The molecule has 0 aromatic carbocycles. The second-order valence-electron chi connectivity index (χ2n) is 4.45. The van der Waals surface area contributed by atoms with Crippen LogP contribution in [-0.4, -0.2) is 43.1 Å². The summed E-state index contributed by atoms with van der Waals surface area (Å²) in [5.41, 5.74) is 3.45. The minimum Gasteiger partial charge on any atom is -0.295 e. The lowest BCUT2D eigenvalue weighted by Crippen LogP contribution is -2.24. The maximum absolute atomic E-state index is 13.1. The van der Waals surface area contributed by atoms with Crippen LogP contribution in [0.3, 0.4) is 0 Å². The van der Waals surface area contributed by atoms with Gasteiger partial charge < -0.3 is 0 Å². The summed E-state index contributed by atoms with van der Waals surface area (Å²) < 4.78 is 13.1. The van der Waals surface area contributed by atoms with E-state index in [-0.39, 0.29) is 5.88 Å². The average Bonchev–Trinajstić information content (AvgIpc) is 3.04. The Bertz CT molecular complexity index is 607. The van der Waals surface area contributed by atoms with Crippen LogP contribution in [0.5, 0.6) is 0 Å². The van der Waals surface area contributed by atoms with E-state index in [1.54, 1.807) is 13.8 Å². The number of aromatic nitrogens is 3. The zero-order valence-corrected chi connectivity index (χ0v) is 14.5. The molecule has 0 radical (unpaired) electrons. The number of nitrogens with one attached hydrogen (secondary N) is 3. The van der Waals surface area contributed by atoms with Gasteiger partial charge in [-0.3, -0.25) is 15.1 Å². The second-order valence-corrected chi connectivity index (χ2v) is 9.93. The van der Waals surface area contributed by atoms with E-state index in [0.717, 1.165) is 11.4 Å². The van der Waals surface area contributed by atoms with Gasteiger partial charge in [0.2, 0.25) is 5.95 Å². The molecule has 1 aliphatic rings. The van der Waals surface area contributed by atoms with Gasteiger partial charge in [-0.1, -0.05) is 0 Å². The normalized spacial score (nSPS) is 29.3. The van der Waals surface area contributed by atoms with Crippen LogP contribution >= 0.6 is 41.1 Å². The van der Waals surface area contributed by atoms with Crippen LogP contribution in [0.4, 0.5) is 5.95 Å². The summed E-state index contributed by atoms with van der Waals surface area (Å²) in [6.45, 7) is 0.411. The van der Waals surface area contributed by atoms with Gasteiger partial charge in [-0.25, -0.2) is 10.1 Å². The number of rotatable bonds is 5. The predicted octanol–water partition coefficient (Wildman–Crippen LogP) is 2.67. The second kappa shape index (κ2) is 6.56. The molecule has 12 heteroatoms. The van der Waals surface area contributed by atoms with Gasteiger partial charge in [-0.2, -0.15) is 15.2 Å². The lowest BCUT2D eigenvalue weighted by Gasteiger charge is -2.25. The summed E-state index contributed by atoms with van der Waals surface area (Å²) in [6, 6.07) is 0. The van der Waals surface area contributed by atoms with Crippen LogP contribution < -0.4 is 10.5 Å². The summed E-state index contributed by atoms with van der Waals surface area (Å²) in [6.07, 6.45) is 1.32. The number of aromatic amines is 1. The SMILES string of the molecule is C/C(CCl)=N\NC1=NC(C)(CCl)P(=O)(Nc2ncn[nH]2)S1. The summed E-state index contributed by atoms with van der Waals surface area (Å²) in [5, 5.41) is 12.6. The molecule has 2 rings (SSSR count). The Hall–Kier alpha value is -0.760. The molecule has 2 atom stereocenters. The number of H-pyrrole nitrogens is 1. The van der Waals surface area contributed by atoms with Crippen molar-refractivity contribution in [2.75, 3.05) is 16.8 Å². The molecule has 1 aromatic rings. The molecule has 21 heavy (non-hydrogen) atoms. The maximum Gasteiger partial charge on any atom is 0.260 e. The van der Waals surface area contributed by atoms with Gasteiger partial charge in [0.25, 0.3) is 6.49 Å². The Morgan fingerprint density at radius 2 is 2.38 bits per heavy atom. The fourth-order valence-electron chi connectivity index (χ4n) is 1.39. The van der Waals surface area contributed by atoms with E-state index in [1.165, 1.54) is 6.33 Å². The Kier molecular flexibility index (Phi) is 5.19. The molecule has 0 saturated heterocycles. The van der Waals surface area contributed by atoms with Crippen molar-refractivity contribution in [3.8, 4) is 0 Å². The molecule has 8 nitrogen and oxygen atoms in total. The number of aliphatic imine (C=N–C) groups is 1. The van der Waals surface area contributed by atoms with E-state index < -0.39 is 11.8 Å². The molecular formula is C9H14Cl2N7OPS. The third kappa shape index (κ3) is 3.53. The zero-order chi connectivity index (χ0) is 15.5. The quantitative estimate of drug-likeness (QED) is 0.318. The number of nitrogens with zero attached hydrogens (tertiary/aromatic N) is 4. The number of halogens is 2. The summed E-state index contributed by atoms with van der Waals surface area (Å²) in [4.78, 5) is 8.29. The first kappa shape index (κ1) is 16.6. The Morgan fingerprint density at radius 3 is 2.95 bits per heavy atom. The summed E-state index contributed by atoms with van der Waals surface area (Å²) in [5.74, 6) is 0.687. The van der Waals surface area contributed by atoms with Gasteiger partial charge in [0, 0.05) is 17.1 Å². The topological polar surface area (TPSA) is 107 Å². The minimum absolute atomic E-state index is 0.0851. The average molecular weight is 370 g/mol. The smallest absolute Gasteiger partial charge is 0.260 e. The van der Waals surface area contributed by atoms with Crippen molar-refractivity contribution in [3.05, 3.63) is 6.33 Å². The van der Waals surface area contributed by atoms with Crippen molar-refractivity contribution in [1.29, 1.82) is 0 Å². The van der Waals surface area contributed by atoms with E-state index in [0.29, 0.717) is 22.7 Å². The number of anilines is 1. The Balaban J connectivity index is 2.19. The van der Waals surface area contributed by atoms with Gasteiger partial charge in [0.05, 0.1) is 11.8 Å². The molecule has 0 amide bonds. The van der Waals surface area contributed by atoms with Crippen molar-refractivity contribution >= 4 is 57.9 Å². The lowest BCUT2D eigenvalue weighted by molar-refractivity contribution is 0.563. The molecule has 3 N–H and O–H groups in total. The number of hydrogen-bond acceptors (Lipinski definition) is 7. The van der Waals surface area contributed by atoms with E-state index >= 15 is 0 Å². The van der Waals surface area contributed by atoms with E-state index in [2.05, 4.69) is 35.8 Å². The van der Waals surface area contributed by atoms with E-state index in [1.807, 2.05) is 0 Å². The van der Waals surface area contributed by atoms with Crippen LogP contribution in [0.25, 0.3) is 0 Å². The molecule has 1 aromatic heterocycles. The van der Waals surface area contributed by atoms with Crippen molar-refractivity contribution in [2.45, 2.75) is 19.1 Å². The standard InChI is InChI=1S/C9H14Cl2N7OPS/c1-6(3-10)15-17-8-14-9(2,4-11)20(19,21-8)18-7-12-5-13-16-7/h5H,3-4H2,1-2H3,(H,14,17)(H2,12,13,16,18,19)/b15-6+. The van der Waals surface area contributed by atoms with E-state index in [9.17, 15) is 4.57 Å². The number of hydrazone groups is 1. The predicted molar refractivity (Wildman–Crippen MR) is 88.7 cm³/mol. The van der Waals surface area contributed by atoms with Crippen molar-refractivity contribution in [2.24, 2.45) is 10.1 Å². The van der Waals surface area contributed by atoms with Gasteiger partial charge in [-0.05, 0) is 13.8 Å². The summed E-state index contributed by atoms with van der Waals surface area (Å²) in [7, 11) is 0. The third-order valence-electron chi connectivity index (χ3n) is 2.65. The molecular weight excluding hydrogens is 356 g/mol. The molecule has 0 bridgehead atoms. The molecule has 2 unspecified atom stereocenters. The van der Waals surface area contributed by atoms with Crippen LogP contribution in [0.15, 0.2) is 16.4 Å². The van der Waals surface area contributed by atoms with Crippen LogP contribution in [0.2, 0.25) is 0 Å². The first-order valence-corrected chi connectivity index (χ1v) is 10.1. The monoisotopic (exact) mass is 369 g/mol.